The number of aromatic amines is 1. The average Bonchev–Trinajstić information content (AvgIpc) is 2.46. The fourth-order valence-electron chi connectivity index (χ4n) is 1.16. The predicted octanol–water partition coefficient (Wildman–Crippen LogP) is 2.65. The lowest BCUT2D eigenvalue weighted by atomic mass is 9.92. The number of ether oxygens (including phenoxy) is 1. The summed E-state index contributed by atoms with van der Waals surface area (Å²) in [4.78, 5) is 11.5. The summed E-state index contributed by atoms with van der Waals surface area (Å²) in [7, 11) is 0. The molecule has 1 aromatic heterocycles. The molecule has 0 spiro atoms. The summed E-state index contributed by atoms with van der Waals surface area (Å²) < 4.78 is 5.57. The van der Waals surface area contributed by atoms with E-state index in [-0.39, 0.29) is 5.41 Å². The van der Waals surface area contributed by atoms with Crippen LogP contribution >= 0.6 is 15.9 Å². The van der Waals surface area contributed by atoms with Gasteiger partial charge in [0.2, 0.25) is 0 Å². The van der Waals surface area contributed by atoms with Gasteiger partial charge in [-0.3, -0.25) is 5.10 Å². The van der Waals surface area contributed by atoms with Gasteiger partial charge in [-0.05, 0) is 22.9 Å². The third-order valence-corrected chi connectivity index (χ3v) is 2.70. The molecule has 84 valence electrons. The van der Waals surface area contributed by atoms with Crippen LogP contribution in [-0.4, -0.2) is 22.8 Å². The van der Waals surface area contributed by atoms with E-state index in [1.54, 1.807) is 6.92 Å². The van der Waals surface area contributed by atoms with Crippen LogP contribution in [0.1, 0.15) is 43.9 Å². The molecule has 0 saturated heterocycles. The van der Waals surface area contributed by atoms with E-state index in [1.807, 2.05) is 20.8 Å². The summed E-state index contributed by atoms with van der Waals surface area (Å²) in [5.74, 6) is -0.406. The predicted molar refractivity (Wildman–Crippen MR) is 60.9 cm³/mol. The van der Waals surface area contributed by atoms with Crippen molar-refractivity contribution in [3.63, 3.8) is 0 Å². The van der Waals surface area contributed by atoms with Crippen LogP contribution < -0.4 is 0 Å². The molecule has 1 aromatic rings. The Morgan fingerprint density at radius 1 is 1.53 bits per heavy atom. The Morgan fingerprint density at radius 3 is 2.53 bits per heavy atom. The fourth-order valence-corrected chi connectivity index (χ4v) is 2.09. The Balaban J connectivity index is 3.04. The minimum Gasteiger partial charge on any atom is -0.461 e. The average molecular weight is 275 g/mol. The second-order valence-corrected chi connectivity index (χ2v) is 5.02. The van der Waals surface area contributed by atoms with Gasteiger partial charge in [-0.25, -0.2) is 4.79 Å². The maximum Gasteiger partial charge on any atom is 0.360 e. The lowest BCUT2D eigenvalue weighted by Gasteiger charge is -2.16. The van der Waals surface area contributed by atoms with E-state index in [0.717, 1.165) is 5.69 Å². The number of nitrogens with zero attached hydrogens (tertiary/aromatic N) is 1. The van der Waals surface area contributed by atoms with E-state index in [0.29, 0.717) is 16.8 Å². The van der Waals surface area contributed by atoms with Gasteiger partial charge in [0.25, 0.3) is 0 Å². The Morgan fingerprint density at radius 2 is 2.13 bits per heavy atom. The maximum absolute atomic E-state index is 11.5. The second kappa shape index (κ2) is 4.35. The SMILES string of the molecule is CCOC(=O)c1n[nH]c(C(C)(C)C)c1Br. The normalized spacial score (nSPS) is 11.5. The van der Waals surface area contributed by atoms with E-state index >= 15 is 0 Å². The fraction of sp³-hybridized carbons (Fsp3) is 0.600. The molecule has 0 fully saturated rings. The third-order valence-electron chi connectivity index (χ3n) is 1.93. The van der Waals surface area contributed by atoms with Crippen molar-refractivity contribution in [2.24, 2.45) is 0 Å². The molecule has 0 aliphatic rings. The van der Waals surface area contributed by atoms with Crippen molar-refractivity contribution in [2.45, 2.75) is 33.1 Å². The molecule has 0 atom stereocenters. The number of halogens is 1. The first-order valence-corrected chi connectivity index (χ1v) is 5.58. The Bertz CT molecular complexity index is 366. The van der Waals surface area contributed by atoms with Gasteiger partial charge >= 0.3 is 5.97 Å². The van der Waals surface area contributed by atoms with Gasteiger partial charge in [0.15, 0.2) is 5.69 Å². The van der Waals surface area contributed by atoms with Crippen molar-refractivity contribution < 1.29 is 9.53 Å². The highest BCUT2D eigenvalue weighted by Crippen LogP contribution is 2.30. The standard InChI is InChI=1S/C10H15BrN2O2/c1-5-15-9(14)7-6(11)8(13-12-7)10(2,3)4/h5H2,1-4H3,(H,12,13). The zero-order valence-corrected chi connectivity index (χ0v) is 10.9. The van der Waals surface area contributed by atoms with Crippen molar-refractivity contribution >= 4 is 21.9 Å². The van der Waals surface area contributed by atoms with E-state index < -0.39 is 5.97 Å². The quantitative estimate of drug-likeness (QED) is 0.844. The molecule has 4 nitrogen and oxygen atoms in total. The van der Waals surface area contributed by atoms with Crippen LogP contribution in [0.4, 0.5) is 0 Å². The number of hydrogen-bond donors (Lipinski definition) is 1. The summed E-state index contributed by atoms with van der Waals surface area (Å²) in [6.07, 6.45) is 0. The first-order chi connectivity index (χ1) is 6.88. The van der Waals surface area contributed by atoms with Crippen LogP contribution in [0.15, 0.2) is 4.47 Å². The molecule has 0 aliphatic heterocycles. The van der Waals surface area contributed by atoms with Gasteiger partial charge in [-0.15, -0.1) is 0 Å². The van der Waals surface area contributed by atoms with Crippen molar-refractivity contribution in [2.75, 3.05) is 6.61 Å². The van der Waals surface area contributed by atoms with Gasteiger partial charge in [0.1, 0.15) is 0 Å². The molecule has 0 bridgehead atoms. The summed E-state index contributed by atoms with van der Waals surface area (Å²) in [5.41, 5.74) is 1.11. The Kier molecular flexibility index (Phi) is 3.54. The van der Waals surface area contributed by atoms with Crippen LogP contribution in [0.2, 0.25) is 0 Å². The zero-order valence-electron chi connectivity index (χ0n) is 9.35. The van der Waals surface area contributed by atoms with Crippen LogP contribution in [-0.2, 0) is 10.2 Å². The second-order valence-electron chi connectivity index (χ2n) is 4.23. The van der Waals surface area contributed by atoms with Gasteiger partial charge < -0.3 is 4.74 Å². The molecule has 0 aliphatic carbocycles. The van der Waals surface area contributed by atoms with Gasteiger partial charge in [0, 0.05) is 5.41 Å². The molecule has 15 heavy (non-hydrogen) atoms. The van der Waals surface area contributed by atoms with Crippen LogP contribution in [0.5, 0.6) is 0 Å². The number of rotatable bonds is 2. The lowest BCUT2D eigenvalue weighted by Crippen LogP contribution is -2.12. The molecule has 1 rings (SSSR count). The molecule has 1 N–H and O–H groups in total. The number of hydrogen-bond acceptors (Lipinski definition) is 3. The van der Waals surface area contributed by atoms with E-state index in [1.165, 1.54) is 0 Å². The van der Waals surface area contributed by atoms with Crippen LogP contribution in [0.3, 0.4) is 0 Å². The third kappa shape index (κ3) is 2.59. The smallest absolute Gasteiger partial charge is 0.360 e. The minimum absolute atomic E-state index is 0.0867. The Labute approximate surface area is 97.5 Å². The van der Waals surface area contributed by atoms with E-state index in [4.69, 9.17) is 4.74 Å². The molecular weight excluding hydrogens is 260 g/mol. The van der Waals surface area contributed by atoms with Crippen molar-refractivity contribution in [3.05, 3.63) is 15.9 Å². The number of nitrogens with one attached hydrogen (secondary N) is 1. The largest absolute Gasteiger partial charge is 0.461 e. The summed E-state index contributed by atoms with van der Waals surface area (Å²) in [6.45, 7) is 8.24. The minimum atomic E-state index is -0.406. The highest BCUT2D eigenvalue weighted by atomic mass is 79.9. The van der Waals surface area contributed by atoms with Crippen LogP contribution in [0.25, 0.3) is 0 Å². The van der Waals surface area contributed by atoms with Gasteiger partial charge in [-0.2, -0.15) is 5.10 Å². The highest BCUT2D eigenvalue weighted by Gasteiger charge is 2.25. The topological polar surface area (TPSA) is 55.0 Å². The van der Waals surface area contributed by atoms with Gasteiger partial charge in [-0.1, -0.05) is 20.8 Å². The highest BCUT2D eigenvalue weighted by molar-refractivity contribution is 9.10. The molecule has 0 radical (unpaired) electrons. The molecule has 5 heteroatoms. The number of carbonyl (C=O) groups is 1. The van der Waals surface area contributed by atoms with Crippen LogP contribution in [0, 0.1) is 0 Å². The number of H-pyrrole nitrogens is 1. The lowest BCUT2D eigenvalue weighted by molar-refractivity contribution is 0.0518. The van der Waals surface area contributed by atoms with Gasteiger partial charge in [0.05, 0.1) is 16.8 Å². The molecule has 0 amide bonds. The Hall–Kier alpha value is -0.840. The first-order valence-electron chi connectivity index (χ1n) is 4.79. The molecule has 0 saturated carbocycles. The van der Waals surface area contributed by atoms with Crippen molar-refractivity contribution in [1.29, 1.82) is 0 Å². The van der Waals surface area contributed by atoms with Crippen molar-refractivity contribution in [1.82, 2.24) is 10.2 Å². The monoisotopic (exact) mass is 274 g/mol. The first kappa shape index (κ1) is 12.2. The number of aromatic nitrogens is 2. The number of carbonyl (C=O) groups excluding carboxylic acids is 1. The molecule has 0 unspecified atom stereocenters. The summed E-state index contributed by atoms with van der Waals surface area (Å²) >= 11 is 3.36. The van der Waals surface area contributed by atoms with Crippen molar-refractivity contribution in [3.8, 4) is 0 Å². The zero-order chi connectivity index (χ0) is 11.6. The summed E-state index contributed by atoms with van der Waals surface area (Å²) in [5, 5.41) is 6.81. The van der Waals surface area contributed by atoms with E-state index in [9.17, 15) is 4.79 Å². The summed E-state index contributed by atoms with van der Waals surface area (Å²) in [6, 6.07) is 0. The molecule has 1 heterocycles. The molecule has 0 aromatic carbocycles. The maximum atomic E-state index is 11.5. The van der Waals surface area contributed by atoms with E-state index in [2.05, 4.69) is 26.1 Å². The number of esters is 1. The molecular formula is C10H15BrN2O2.